The Kier molecular flexibility index (Phi) is 2.13. The lowest BCUT2D eigenvalue weighted by Crippen LogP contribution is -2.46. The highest BCUT2D eigenvalue weighted by atomic mass is 16.7. The van der Waals surface area contributed by atoms with E-state index in [0.29, 0.717) is 39.1 Å². The first-order valence-electron chi connectivity index (χ1n) is 4.48. The Morgan fingerprint density at radius 3 is 2.23 bits per heavy atom. The van der Waals surface area contributed by atoms with Crippen LogP contribution in [0.2, 0.25) is 0 Å². The predicted octanol–water partition coefficient (Wildman–Crippen LogP) is 0.503. The van der Waals surface area contributed by atoms with Crippen molar-refractivity contribution in [1.82, 2.24) is 4.90 Å². The molecule has 2 rings (SSSR count). The van der Waals surface area contributed by atoms with E-state index in [9.17, 15) is 4.79 Å². The molecule has 1 N–H and O–H groups in total. The molecule has 0 atom stereocenters. The van der Waals surface area contributed by atoms with E-state index in [1.54, 1.807) is 0 Å². The number of carboxylic acid groups (broad SMARTS) is 1. The number of hydrogen-bond acceptors (Lipinski definition) is 3. The van der Waals surface area contributed by atoms with Gasteiger partial charge in [0, 0.05) is 25.9 Å². The highest BCUT2D eigenvalue weighted by Crippen LogP contribution is 2.30. The quantitative estimate of drug-likeness (QED) is 0.600. The Morgan fingerprint density at radius 1 is 1.23 bits per heavy atom. The lowest BCUT2D eigenvalue weighted by Gasteiger charge is -2.36. The number of carbonyl (C=O) groups is 1. The zero-order valence-electron chi connectivity index (χ0n) is 7.36. The standard InChI is InChI=1S/C8H13NO4/c10-7(11)9-3-1-8(2-4-9)12-5-6-13-8/h1-6H2,(H,10,11). The lowest BCUT2D eigenvalue weighted by molar-refractivity contribution is -0.182. The Morgan fingerprint density at radius 2 is 1.77 bits per heavy atom. The summed E-state index contributed by atoms with van der Waals surface area (Å²) in [7, 11) is 0. The smallest absolute Gasteiger partial charge is 0.407 e. The SMILES string of the molecule is O=C(O)N1CCC2(CC1)OCCO2. The number of ether oxygens (including phenoxy) is 2. The fraction of sp³-hybridized carbons (Fsp3) is 0.875. The maximum atomic E-state index is 10.6. The molecule has 74 valence electrons. The fourth-order valence-corrected chi connectivity index (χ4v) is 1.82. The molecule has 0 radical (unpaired) electrons. The average molecular weight is 187 g/mol. The Balaban J connectivity index is 1.91. The molecule has 1 amide bonds. The number of nitrogens with zero attached hydrogens (tertiary/aromatic N) is 1. The second kappa shape index (κ2) is 3.16. The monoisotopic (exact) mass is 187 g/mol. The van der Waals surface area contributed by atoms with Crippen LogP contribution >= 0.6 is 0 Å². The topological polar surface area (TPSA) is 59.0 Å². The maximum Gasteiger partial charge on any atom is 0.407 e. The van der Waals surface area contributed by atoms with Crippen LogP contribution in [0.5, 0.6) is 0 Å². The number of rotatable bonds is 0. The van der Waals surface area contributed by atoms with Gasteiger partial charge in [0.05, 0.1) is 13.2 Å². The van der Waals surface area contributed by atoms with Crippen molar-refractivity contribution < 1.29 is 19.4 Å². The van der Waals surface area contributed by atoms with Crippen LogP contribution in [0.15, 0.2) is 0 Å². The molecule has 0 unspecified atom stereocenters. The van der Waals surface area contributed by atoms with Crippen LogP contribution in [0, 0.1) is 0 Å². The van der Waals surface area contributed by atoms with Crippen molar-refractivity contribution in [1.29, 1.82) is 0 Å². The third-order valence-electron chi connectivity index (χ3n) is 2.61. The molecular formula is C8H13NO4. The van der Waals surface area contributed by atoms with Gasteiger partial charge in [-0.25, -0.2) is 4.79 Å². The van der Waals surface area contributed by atoms with Gasteiger partial charge in [0.25, 0.3) is 0 Å². The second-order valence-corrected chi connectivity index (χ2v) is 3.38. The molecule has 2 aliphatic heterocycles. The zero-order chi connectivity index (χ0) is 9.31. The molecule has 2 aliphatic rings. The van der Waals surface area contributed by atoms with Crippen LogP contribution in [0.25, 0.3) is 0 Å². The van der Waals surface area contributed by atoms with E-state index in [4.69, 9.17) is 14.6 Å². The number of piperidine rings is 1. The normalized spacial score (nSPS) is 26.6. The molecule has 0 aromatic heterocycles. The summed E-state index contributed by atoms with van der Waals surface area (Å²) >= 11 is 0. The molecule has 2 heterocycles. The minimum absolute atomic E-state index is 0.466. The minimum Gasteiger partial charge on any atom is -0.465 e. The Hall–Kier alpha value is -0.810. The van der Waals surface area contributed by atoms with E-state index in [0.717, 1.165) is 0 Å². The van der Waals surface area contributed by atoms with Crippen molar-refractivity contribution in [2.45, 2.75) is 18.6 Å². The lowest BCUT2D eigenvalue weighted by atomic mass is 10.0. The minimum atomic E-state index is -0.854. The van der Waals surface area contributed by atoms with Gasteiger partial charge in [-0.15, -0.1) is 0 Å². The van der Waals surface area contributed by atoms with Gasteiger partial charge in [0.1, 0.15) is 0 Å². The number of likely N-dealkylation sites (tertiary alicyclic amines) is 1. The highest BCUT2D eigenvalue weighted by molar-refractivity contribution is 5.65. The van der Waals surface area contributed by atoms with Gasteiger partial charge in [-0.2, -0.15) is 0 Å². The summed E-state index contributed by atoms with van der Waals surface area (Å²) in [6.45, 7) is 2.28. The molecular weight excluding hydrogens is 174 g/mol. The molecule has 0 aliphatic carbocycles. The van der Waals surface area contributed by atoms with Crippen LogP contribution < -0.4 is 0 Å². The van der Waals surface area contributed by atoms with Gasteiger partial charge in [0.2, 0.25) is 0 Å². The van der Waals surface area contributed by atoms with E-state index < -0.39 is 11.9 Å². The number of amides is 1. The van der Waals surface area contributed by atoms with Crippen LogP contribution in [0.3, 0.4) is 0 Å². The van der Waals surface area contributed by atoms with E-state index in [1.807, 2.05) is 0 Å². The average Bonchev–Trinajstić information content (AvgIpc) is 2.54. The van der Waals surface area contributed by atoms with Crippen molar-refractivity contribution in [3.63, 3.8) is 0 Å². The van der Waals surface area contributed by atoms with E-state index in [1.165, 1.54) is 4.90 Å². The molecule has 5 nitrogen and oxygen atoms in total. The zero-order valence-corrected chi connectivity index (χ0v) is 7.36. The Bertz CT molecular complexity index is 202. The third-order valence-corrected chi connectivity index (χ3v) is 2.61. The molecule has 2 fully saturated rings. The van der Waals surface area contributed by atoms with Crippen molar-refractivity contribution in [2.24, 2.45) is 0 Å². The first kappa shape index (κ1) is 8.77. The van der Waals surface area contributed by atoms with Crippen molar-refractivity contribution in [2.75, 3.05) is 26.3 Å². The van der Waals surface area contributed by atoms with Crippen LogP contribution in [-0.4, -0.2) is 48.2 Å². The van der Waals surface area contributed by atoms with Gasteiger partial charge in [0.15, 0.2) is 5.79 Å². The number of hydrogen-bond donors (Lipinski definition) is 1. The summed E-state index contributed by atoms with van der Waals surface area (Å²) in [4.78, 5) is 12.0. The Labute approximate surface area is 76.2 Å². The van der Waals surface area contributed by atoms with Gasteiger partial charge < -0.3 is 19.5 Å². The third kappa shape index (κ3) is 1.62. The van der Waals surface area contributed by atoms with Gasteiger partial charge in [-0.05, 0) is 0 Å². The fourth-order valence-electron chi connectivity index (χ4n) is 1.82. The van der Waals surface area contributed by atoms with Crippen LogP contribution in [0.4, 0.5) is 4.79 Å². The summed E-state index contributed by atoms with van der Waals surface area (Å²) in [6, 6.07) is 0. The molecule has 1 spiro atoms. The largest absolute Gasteiger partial charge is 0.465 e. The van der Waals surface area contributed by atoms with Crippen molar-refractivity contribution >= 4 is 6.09 Å². The van der Waals surface area contributed by atoms with Crippen molar-refractivity contribution in [3.8, 4) is 0 Å². The molecule has 5 heteroatoms. The van der Waals surface area contributed by atoms with Crippen molar-refractivity contribution in [3.05, 3.63) is 0 Å². The first-order valence-corrected chi connectivity index (χ1v) is 4.48. The van der Waals surface area contributed by atoms with Gasteiger partial charge in [-0.3, -0.25) is 0 Å². The molecule has 0 aromatic carbocycles. The van der Waals surface area contributed by atoms with E-state index >= 15 is 0 Å². The summed E-state index contributed by atoms with van der Waals surface area (Å²) in [6.07, 6.45) is 0.450. The van der Waals surface area contributed by atoms with Gasteiger partial charge in [-0.1, -0.05) is 0 Å². The predicted molar refractivity (Wildman–Crippen MR) is 43.5 cm³/mol. The molecule has 2 saturated heterocycles. The van der Waals surface area contributed by atoms with Crippen LogP contribution in [0.1, 0.15) is 12.8 Å². The van der Waals surface area contributed by atoms with E-state index in [-0.39, 0.29) is 0 Å². The molecule has 13 heavy (non-hydrogen) atoms. The summed E-state index contributed by atoms with van der Waals surface area (Å²) in [5, 5.41) is 8.71. The molecule has 0 saturated carbocycles. The maximum absolute atomic E-state index is 10.6. The summed E-state index contributed by atoms with van der Waals surface area (Å²) in [5.41, 5.74) is 0. The summed E-state index contributed by atoms with van der Waals surface area (Å²) in [5.74, 6) is -0.466. The van der Waals surface area contributed by atoms with E-state index in [2.05, 4.69) is 0 Å². The van der Waals surface area contributed by atoms with Crippen LogP contribution in [-0.2, 0) is 9.47 Å². The first-order chi connectivity index (χ1) is 6.22. The van der Waals surface area contributed by atoms with Gasteiger partial charge >= 0.3 is 6.09 Å². The highest BCUT2D eigenvalue weighted by Gasteiger charge is 2.40. The summed E-state index contributed by atoms with van der Waals surface area (Å²) < 4.78 is 10.9. The molecule has 0 aromatic rings. The molecule has 0 bridgehead atoms. The second-order valence-electron chi connectivity index (χ2n) is 3.38.